The maximum Gasteiger partial charge on any atom is 0.264 e. The first kappa shape index (κ1) is 15.7. The van der Waals surface area contributed by atoms with Crippen molar-refractivity contribution in [1.29, 1.82) is 0 Å². The predicted molar refractivity (Wildman–Crippen MR) is 89.5 cm³/mol. The number of aryl methyl sites for hydroxylation is 1. The predicted octanol–water partition coefficient (Wildman–Crippen LogP) is 3.14. The Bertz CT molecular complexity index is 884. The average Bonchev–Trinajstić information content (AvgIpc) is 3.03. The fraction of sp³-hybridized carbons (Fsp3) is 0.235. The molecule has 0 aliphatic heterocycles. The van der Waals surface area contributed by atoms with E-state index in [0.717, 1.165) is 22.6 Å². The van der Waals surface area contributed by atoms with Crippen molar-refractivity contribution < 1.29 is 12.6 Å². The minimum absolute atomic E-state index is 0.529. The van der Waals surface area contributed by atoms with Gasteiger partial charge in [-0.3, -0.25) is 4.18 Å². The lowest BCUT2D eigenvalue weighted by molar-refractivity contribution is 0.199. The molecule has 3 rings (SSSR count). The van der Waals surface area contributed by atoms with Crippen molar-refractivity contribution >= 4 is 20.9 Å². The van der Waals surface area contributed by atoms with Gasteiger partial charge in [-0.25, -0.2) is 4.98 Å². The zero-order chi connectivity index (χ0) is 16.3. The smallest absolute Gasteiger partial charge is 0.264 e. The van der Waals surface area contributed by atoms with E-state index in [2.05, 4.69) is 4.98 Å². The van der Waals surface area contributed by atoms with Crippen LogP contribution in [0.25, 0.3) is 10.8 Å². The molecule has 23 heavy (non-hydrogen) atoms. The second kappa shape index (κ2) is 6.52. The first-order valence-electron chi connectivity index (χ1n) is 7.34. The largest absolute Gasteiger partial charge is 0.337 e. The van der Waals surface area contributed by atoms with Crippen molar-refractivity contribution in [3.05, 3.63) is 66.7 Å². The van der Waals surface area contributed by atoms with Crippen LogP contribution in [-0.2, 0) is 20.8 Å². The molecule has 6 heteroatoms. The fourth-order valence-electron chi connectivity index (χ4n) is 2.68. The van der Waals surface area contributed by atoms with E-state index in [9.17, 15) is 8.42 Å². The normalized spacial score (nSPS) is 13.3. The number of nitrogens with zero attached hydrogens (tertiary/aromatic N) is 2. The molecule has 0 amide bonds. The third-order valence-corrected chi connectivity index (χ3v) is 4.25. The van der Waals surface area contributed by atoms with Gasteiger partial charge >= 0.3 is 0 Å². The molecule has 1 unspecified atom stereocenters. The number of hydrogen-bond donors (Lipinski definition) is 0. The summed E-state index contributed by atoms with van der Waals surface area (Å²) in [6.45, 7) is 0.628. The van der Waals surface area contributed by atoms with Gasteiger partial charge in [-0.1, -0.05) is 42.5 Å². The highest BCUT2D eigenvalue weighted by atomic mass is 32.2. The number of aromatic nitrogens is 2. The van der Waals surface area contributed by atoms with Gasteiger partial charge in [0.25, 0.3) is 10.1 Å². The zero-order valence-corrected chi connectivity index (χ0v) is 13.6. The Morgan fingerprint density at radius 3 is 2.70 bits per heavy atom. The average molecular weight is 330 g/mol. The van der Waals surface area contributed by atoms with Crippen molar-refractivity contribution in [3.63, 3.8) is 0 Å². The van der Waals surface area contributed by atoms with Crippen molar-refractivity contribution in [2.75, 3.05) is 6.26 Å². The van der Waals surface area contributed by atoms with Gasteiger partial charge in [0.05, 0.1) is 12.6 Å². The van der Waals surface area contributed by atoms with E-state index in [1.54, 1.807) is 12.5 Å². The highest BCUT2D eigenvalue weighted by molar-refractivity contribution is 7.86. The summed E-state index contributed by atoms with van der Waals surface area (Å²) in [5.74, 6) is 0. The van der Waals surface area contributed by atoms with Gasteiger partial charge in [-0.2, -0.15) is 8.42 Å². The molecule has 120 valence electrons. The summed E-state index contributed by atoms with van der Waals surface area (Å²) in [4.78, 5) is 4.00. The SMILES string of the molecule is CS(=O)(=O)OC(CCn1ccnc1)c1cccc2ccccc12. The van der Waals surface area contributed by atoms with Gasteiger partial charge < -0.3 is 4.57 Å². The van der Waals surface area contributed by atoms with E-state index in [4.69, 9.17) is 4.18 Å². The summed E-state index contributed by atoms with van der Waals surface area (Å²) in [5.41, 5.74) is 0.883. The first-order valence-corrected chi connectivity index (χ1v) is 9.16. The van der Waals surface area contributed by atoms with E-state index >= 15 is 0 Å². The van der Waals surface area contributed by atoms with Crippen LogP contribution in [0, 0.1) is 0 Å². The summed E-state index contributed by atoms with van der Waals surface area (Å²) < 4.78 is 30.6. The summed E-state index contributed by atoms with van der Waals surface area (Å²) in [7, 11) is -3.56. The minimum atomic E-state index is -3.56. The lowest BCUT2D eigenvalue weighted by Crippen LogP contribution is -2.13. The van der Waals surface area contributed by atoms with E-state index in [1.807, 2.05) is 53.2 Å². The Kier molecular flexibility index (Phi) is 4.45. The highest BCUT2D eigenvalue weighted by Gasteiger charge is 2.20. The number of rotatable bonds is 6. The monoisotopic (exact) mass is 330 g/mol. The molecule has 5 nitrogen and oxygen atoms in total. The Morgan fingerprint density at radius 1 is 1.17 bits per heavy atom. The summed E-state index contributed by atoms with van der Waals surface area (Å²) in [6, 6.07) is 13.8. The molecule has 0 N–H and O–H groups in total. The van der Waals surface area contributed by atoms with Gasteiger partial charge in [0, 0.05) is 18.9 Å². The van der Waals surface area contributed by atoms with Crippen molar-refractivity contribution in [2.45, 2.75) is 19.1 Å². The van der Waals surface area contributed by atoms with Gasteiger partial charge in [-0.15, -0.1) is 0 Å². The van der Waals surface area contributed by atoms with E-state index in [1.165, 1.54) is 0 Å². The van der Waals surface area contributed by atoms with Crippen molar-refractivity contribution in [1.82, 2.24) is 9.55 Å². The van der Waals surface area contributed by atoms with Crippen LogP contribution in [0.2, 0.25) is 0 Å². The molecular formula is C17H18N2O3S. The van der Waals surface area contributed by atoms with E-state index in [0.29, 0.717) is 13.0 Å². The molecule has 0 spiro atoms. The van der Waals surface area contributed by atoms with E-state index < -0.39 is 16.2 Å². The second-order valence-corrected chi connectivity index (χ2v) is 7.05. The number of hydrogen-bond acceptors (Lipinski definition) is 4. The number of imidazole rings is 1. The van der Waals surface area contributed by atoms with Crippen LogP contribution >= 0.6 is 0 Å². The third-order valence-electron chi connectivity index (χ3n) is 3.67. The lowest BCUT2D eigenvalue weighted by Gasteiger charge is -2.19. The van der Waals surface area contributed by atoms with Gasteiger partial charge in [-0.05, 0) is 22.8 Å². The molecule has 0 saturated heterocycles. The quantitative estimate of drug-likeness (QED) is 0.651. The van der Waals surface area contributed by atoms with Gasteiger partial charge in [0.1, 0.15) is 6.10 Å². The maximum atomic E-state index is 11.7. The Morgan fingerprint density at radius 2 is 1.96 bits per heavy atom. The molecular weight excluding hydrogens is 312 g/mol. The molecule has 0 radical (unpaired) electrons. The Balaban J connectivity index is 1.95. The third kappa shape index (κ3) is 3.97. The Hall–Kier alpha value is -2.18. The molecule has 3 aromatic rings. The molecule has 2 aromatic carbocycles. The fourth-order valence-corrected chi connectivity index (χ4v) is 3.30. The van der Waals surface area contributed by atoms with Crippen LogP contribution in [0.4, 0.5) is 0 Å². The van der Waals surface area contributed by atoms with Crippen molar-refractivity contribution in [2.24, 2.45) is 0 Å². The summed E-state index contributed by atoms with van der Waals surface area (Å²) >= 11 is 0. The van der Waals surface area contributed by atoms with Crippen LogP contribution in [0.1, 0.15) is 18.1 Å². The second-order valence-electron chi connectivity index (χ2n) is 5.45. The number of benzene rings is 2. The molecule has 0 fully saturated rings. The molecule has 0 aliphatic rings. The van der Waals surface area contributed by atoms with Crippen molar-refractivity contribution in [3.8, 4) is 0 Å². The molecule has 0 bridgehead atoms. The zero-order valence-electron chi connectivity index (χ0n) is 12.8. The van der Waals surface area contributed by atoms with Crippen LogP contribution in [0.5, 0.6) is 0 Å². The molecule has 0 saturated carbocycles. The molecule has 0 aliphatic carbocycles. The number of fused-ring (bicyclic) bond motifs is 1. The molecule has 1 atom stereocenters. The highest BCUT2D eigenvalue weighted by Crippen LogP contribution is 2.30. The van der Waals surface area contributed by atoms with Crippen LogP contribution in [0.3, 0.4) is 0 Å². The molecule has 1 aromatic heterocycles. The first-order chi connectivity index (χ1) is 11.0. The van der Waals surface area contributed by atoms with E-state index in [-0.39, 0.29) is 0 Å². The summed E-state index contributed by atoms with van der Waals surface area (Å²) in [5, 5.41) is 2.07. The van der Waals surface area contributed by atoms with Crippen LogP contribution in [-0.4, -0.2) is 24.2 Å². The summed E-state index contributed by atoms with van der Waals surface area (Å²) in [6.07, 6.45) is 6.35. The van der Waals surface area contributed by atoms with Crippen LogP contribution < -0.4 is 0 Å². The lowest BCUT2D eigenvalue weighted by atomic mass is 9.99. The van der Waals surface area contributed by atoms with Gasteiger partial charge in [0.15, 0.2) is 0 Å². The Labute approximate surface area is 135 Å². The molecule has 1 heterocycles. The minimum Gasteiger partial charge on any atom is -0.337 e. The van der Waals surface area contributed by atoms with Gasteiger partial charge in [0.2, 0.25) is 0 Å². The maximum absolute atomic E-state index is 11.7. The van der Waals surface area contributed by atoms with Crippen LogP contribution in [0.15, 0.2) is 61.2 Å². The topological polar surface area (TPSA) is 61.2 Å². The standard InChI is InChI=1S/C17H18N2O3S/c1-23(20,21)22-17(9-11-19-12-10-18-13-19)16-8-4-6-14-5-2-3-7-15(14)16/h2-8,10,12-13,17H,9,11H2,1H3.